The molecule has 0 unspecified atom stereocenters. The van der Waals surface area contributed by atoms with Gasteiger partial charge in [-0.1, -0.05) is 44.2 Å². The molecule has 0 bridgehead atoms. The summed E-state index contributed by atoms with van der Waals surface area (Å²) < 4.78 is 5.31. The number of nitrogens with one attached hydrogen (secondary N) is 1. The van der Waals surface area contributed by atoms with Crippen LogP contribution in [0.2, 0.25) is 0 Å². The quantitative estimate of drug-likeness (QED) is 0.641. The van der Waals surface area contributed by atoms with Gasteiger partial charge >= 0.3 is 0 Å². The van der Waals surface area contributed by atoms with Crippen molar-refractivity contribution in [3.8, 4) is 11.1 Å². The van der Waals surface area contributed by atoms with Gasteiger partial charge in [0.1, 0.15) is 17.3 Å². The standard InChI is InChI=1S/C23H28N4O2S/c1-15(2)22(28)24-17-9-11-27(12-10-17)21-20-18(16-7-5-4-6-8-16)14-30-23(20)26-19(25-21)13-29-3/h4-8,14-15,17H,9-13H2,1-3H3,(H,24,28). The molecule has 0 atom stereocenters. The molecule has 0 aliphatic carbocycles. The Hall–Kier alpha value is -2.51. The zero-order chi connectivity index (χ0) is 21.1. The first-order valence-corrected chi connectivity index (χ1v) is 11.3. The van der Waals surface area contributed by atoms with Crippen LogP contribution in [0.3, 0.4) is 0 Å². The van der Waals surface area contributed by atoms with Crippen LogP contribution in [-0.4, -0.2) is 42.1 Å². The van der Waals surface area contributed by atoms with E-state index < -0.39 is 0 Å². The van der Waals surface area contributed by atoms with E-state index >= 15 is 0 Å². The number of carbonyl (C=O) groups is 1. The number of piperidine rings is 1. The molecule has 0 saturated carbocycles. The van der Waals surface area contributed by atoms with Crippen LogP contribution < -0.4 is 10.2 Å². The Kier molecular flexibility index (Phi) is 6.29. The normalized spacial score (nSPS) is 15.1. The van der Waals surface area contributed by atoms with Gasteiger partial charge in [-0.2, -0.15) is 0 Å². The lowest BCUT2D eigenvalue weighted by atomic mass is 10.0. The van der Waals surface area contributed by atoms with Gasteiger partial charge in [-0.15, -0.1) is 11.3 Å². The first-order chi connectivity index (χ1) is 14.6. The average Bonchev–Trinajstić information content (AvgIpc) is 3.18. The lowest BCUT2D eigenvalue weighted by Gasteiger charge is -2.34. The number of methoxy groups -OCH3 is 1. The highest BCUT2D eigenvalue weighted by atomic mass is 32.1. The number of anilines is 1. The van der Waals surface area contributed by atoms with Crippen LogP contribution in [-0.2, 0) is 16.1 Å². The molecule has 0 spiro atoms. The topological polar surface area (TPSA) is 67.3 Å². The van der Waals surface area contributed by atoms with Crippen molar-refractivity contribution in [2.75, 3.05) is 25.1 Å². The number of fused-ring (bicyclic) bond motifs is 1. The van der Waals surface area contributed by atoms with E-state index in [1.807, 2.05) is 19.9 Å². The number of thiophene rings is 1. The summed E-state index contributed by atoms with van der Waals surface area (Å²) in [6.45, 7) is 5.96. The molecule has 158 valence electrons. The van der Waals surface area contributed by atoms with Gasteiger partial charge in [0, 0.05) is 43.1 Å². The maximum absolute atomic E-state index is 12.1. The highest BCUT2D eigenvalue weighted by Gasteiger charge is 2.26. The van der Waals surface area contributed by atoms with E-state index in [0.717, 1.165) is 42.0 Å². The number of ether oxygens (including phenoxy) is 1. The first kappa shape index (κ1) is 20.8. The Bertz CT molecular complexity index is 1010. The van der Waals surface area contributed by atoms with Gasteiger partial charge in [-0.05, 0) is 18.4 Å². The summed E-state index contributed by atoms with van der Waals surface area (Å²) in [5.74, 6) is 1.82. The number of rotatable bonds is 6. The lowest BCUT2D eigenvalue weighted by molar-refractivity contribution is -0.124. The summed E-state index contributed by atoms with van der Waals surface area (Å²) in [5.41, 5.74) is 2.34. The van der Waals surface area contributed by atoms with Gasteiger partial charge in [0.15, 0.2) is 5.82 Å². The van der Waals surface area contributed by atoms with Gasteiger partial charge in [-0.3, -0.25) is 4.79 Å². The third-order valence-corrected chi connectivity index (χ3v) is 6.36. The number of benzene rings is 1. The van der Waals surface area contributed by atoms with E-state index in [9.17, 15) is 4.79 Å². The second-order valence-electron chi connectivity index (χ2n) is 8.02. The first-order valence-electron chi connectivity index (χ1n) is 10.4. The summed E-state index contributed by atoms with van der Waals surface area (Å²) in [5, 5.41) is 6.45. The molecule has 4 rings (SSSR count). The molecule has 7 heteroatoms. The van der Waals surface area contributed by atoms with E-state index in [-0.39, 0.29) is 17.9 Å². The average molecular weight is 425 g/mol. The minimum absolute atomic E-state index is 0.0142. The summed E-state index contributed by atoms with van der Waals surface area (Å²) >= 11 is 1.65. The van der Waals surface area contributed by atoms with Crippen LogP contribution in [0.1, 0.15) is 32.5 Å². The molecule has 1 aliphatic rings. The van der Waals surface area contributed by atoms with Crippen molar-refractivity contribution in [3.63, 3.8) is 0 Å². The molecule has 30 heavy (non-hydrogen) atoms. The smallest absolute Gasteiger partial charge is 0.222 e. The molecule has 1 fully saturated rings. The third kappa shape index (κ3) is 4.32. The maximum Gasteiger partial charge on any atom is 0.222 e. The zero-order valence-electron chi connectivity index (χ0n) is 17.7. The Labute approximate surface area is 181 Å². The van der Waals surface area contributed by atoms with Gasteiger partial charge in [0.2, 0.25) is 5.91 Å². The molecule has 6 nitrogen and oxygen atoms in total. The van der Waals surface area contributed by atoms with Gasteiger partial charge < -0.3 is 15.0 Å². The van der Waals surface area contributed by atoms with Crippen molar-refractivity contribution >= 4 is 33.3 Å². The molecule has 1 N–H and O–H groups in total. The molecule has 1 amide bonds. The lowest BCUT2D eigenvalue weighted by Crippen LogP contribution is -2.46. The number of aromatic nitrogens is 2. The van der Waals surface area contributed by atoms with E-state index in [1.165, 1.54) is 11.1 Å². The van der Waals surface area contributed by atoms with Crippen LogP contribution in [0.4, 0.5) is 5.82 Å². The summed E-state index contributed by atoms with van der Waals surface area (Å²) in [4.78, 5) is 25.0. The fraction of sp³-hybridized carbons (Fsp3) is 0.435. The third-order valence-electron chi connectivity index (χ3n) is 5.48. The Balaban J connectivity index is 1.65. The van der Waals surface area contributed by atoms with Gasteiger partial charge in [0.05, 0.1) is 5.39 Å². The second kappa shape index (κ2) is 9.10. The van der Waals surface area contributed by atoms with Gasteiger partial charge in [-0.25, -0.2) is 9.97 Å². The monoisotopic (exact) mass is 424 g/mol. The summed E-state index contributed by atoms with van der Waals surface area (Å²) in [7, 11) is 1.67. The number of amides is 1. The fourth-order valence-electron chi connectivity index (χ4n) is 3.82. The fourth-order valence-corrected chi connectivity index (χ4v) is 4.78. The molecule has 1 saturated heterocycles. The van der Waals surface area contributed by atoms with Crippen molar-refractivity contribution in [2.45, 2.75) is 39.3 Å². The Morgan fingerprint density at radius 1 is 1.23 bits per heavy atom. The number of hydrogen-bond donors (Lipinski definition) is 1. The predicted molar refractivity (Wildman–Crippen MR) is 122 cm³/mol. The van der Waals surface area contributed by atoms with Crippen molar-refractivity contribution in [1.29, 1.82) is 0 Å². The Morgan fingerprint density at radius 2 is 1.97 bits per heavy atom. The van der Waals surface area contributed by atoms with Gasteiger partial charge in [0.25, 0.3) is 0 Å². The Morgan fingerprint density at radius 3 is 2.63 bits per heavy atom. The van der Waals surface area contributed by atoms with Crippen LogP contribution in [0.25, 0.3) is 21.3 Å². The highest BCUT2D eigenvalue weighted by molar-refractivity contribution is 7.17. The molecular formula is C23H28N4O2S. The van der Waals surface area contributed by atoms with E-state index in [0.29, 0.717) is 12.4 Å². The van der Waals surface area contributed by atoms with Crippen LogP contribution >= 0.6 is 11.3 Å². The van der Waals surface area contributed by atoms with E-state index in [2.05, 4.69) is 39.9 Å². The van der Waals surface area contributed by atoms with Crippen LogP contribution in [0.5, 0.6) is 0 Å². The molecule has 3 heterocycles. The number of nitrogens with zero attached hydrogens (tertiary/aromatic N) is 3. The number of carbonyl (C=O) groups excluding carboxylic acids is 1. The maximum atomic E-state index is 12.1. The zero-order valence-corrected chi connectivity index (χ0v) is 18.5. The molecule has 3 aromatic rings. The SMILES string of the molecule is COCc1nc(N2CCC(NC(=O)C(C)C)CC2)c2c(-c3ccccc3)csc2n1. The molecule has 0 radical (unpaired) electrons. The summed E-state index contributed by atoms with van der Waals surface area (Å²) in [6, 6.07) is 10.6. The minimum Gasteiger partial charge on any atom is -0.377 e. The molecule has 2 aromatic heterocycles. The van der Waals surface area contributed by atoms with Crippen molar-refractivity contribution < 1.29 is 9.53 Å². The van der Waals surface area contributed by atoms with Crippen LogP contribution in [0, 0.1) is 5.92 Å². The molecular weight excluding hydrogens is 396 g/mol. The van der Waals surface area contributed by atoms with E-state index in [4.69, 9.17) is 14.7 Å². The second-order valence-corrected chi connectivity index (χ2v) is 8.87. The van der Waals surface area contributed by atoms with E-state index in [1.54, 1.807) is 18.4 Å². The van der Waals surface area contributed by atoms with Crippen LogP contribution in [0.15, 0.2) is 35.7 Å². The van der Waals surface area contributed by atoms with Crippen molar-refractivity contribution in [2.24, 2.45) is 5.92 Å². The largest absolute Gasteiger partial charge is 0.377 e. The summed E-state index contributed by atoms with van der Waals surface area (Å²) in [6.07, 6.45) is 1.82. The minimum atomic E-state index is 0.0142. The van der Waals surface area contributed by atoms with Crippen molar-refractivity contribution in [3.05, 3.63) is 41.5 Å². The molecule has 1 aromatic carbocycles. The molecule has 1 aliphatic heterocycles. The predicted octanol–water partition coefficient (Wildman–Crippen LogP) is 4.25. The van der Waals surface area contributed by atoms with Crippen molar-refractivity contribution in [1.82, 2.24) is 15.3 Å². The highest BCUT2D eigenvalue weighted by Crippen LogP contribution is 2.39. The number of hydrogen-bond acceptors (Lipinski definition) is 6.